The third-order valence-electron chi connectivity index (χ3n) is 5.54. The van der Waals surface area contributed by atoms with Crippen molar-refractivity contribution in [1.82, 2.24) is 4.90 Å². The minimum atomic E-state index is -1.26. The zero-order valence-electron chi connectivity index (χ0n) is 24.3. The van der Waals surface area contributed by atoms with Gasteiger partial charge in [-0.05, 0) is 95.0 Å². The number of hydrogen-bond donors (Lipinski definition) is 3. The summed E-state index contributed by atoms with van der Waals surface area (Å²) in [6.45, 7) is 9.30. The van der Waals surface area contributed by atoms with E-state index in [2.05, 4.69) is 5.10 Å². The molecule has 0 heterocycles. The lowest BCUT2D eigenvalue weighted by molar-refractivity contribution is -0.134. The van der Waals surface area contributed by atoms with E-state index in [0.29, 0.717) is 42.4 Å². The molecule has 0 atom stereocenters. The van der Waals surface area contributed by atoms with Crippen LogP contribution in [0.5, 0.6) is 17.2 Å². The minimum Gasteiger partial charge on any atom is -0.494 e. The molecular weight excluding hydrogens is 530 g/mol. The number of ether oxygens (including phenoxy) is 3. The second kappa shape index (κ2) is 18.7. The Hall–Kier alpha value is -4.54. The molecular formula is C30H41N3O8. The smallest absolute Gasteiger partial charge is 0.328 e. The summed E-state index contributed by atoms with van der Waals surface area (Å²) in [7, 11) is 1.59. The number of amides is 1. The van der Waals surface area contributed by atoms with Gasteiger partial charge < -0.3 is 35.2 Å². The number of carboxylic acid groups (broad SMARTS) is 2. The molecule has 0 saturated carbocycles. The number of carboxylic acids is 2. The van der Waals surface area contributed by atoms with E-state index in [9.17, 15) is 14.4 Å². The van der Waals surface area contributed by atoms with Crippen molar-refractivity contribution >= 4 is 24.1 Å². The number of methoxy groups -OCH3 is 1. The van der Waals surface area contributed by atoms with E-state index >= 15 is 0 Å². The molecule has 224 valence electrons. The predicted octanol–water partition coefficient (Wildman–Crippen LogP) is 4.59. The van der Waals surface area contributed by atoms with Gasteiger partial charge in [-0.3, -0.25) is 4.79 Å². The van der Waals surface area contributed by atoms with Crippen molar-refractivity contribution in [1.29, 1.82) is 0 Å². The van der Waals surface area contributed by atoms with E-state index in [1.54, 1.807) is 25.5 Å². The first-order valence-electron chi connectivity index (χ1n) is 13.2. The van der Waals surface area contributed by atoms with E-state index in [4.69, 9.17) is 30.3 Å². The standard InChI is InChI=1S/C26H37N3O4.C4H4O4/c1-19(2)29(20(3)4)26(30)22-11-14-24(25(17-22)31-5)33-16-8-6-7-15-32-23-12-9-21(10-13-23)18-28-27;5-3(6)1-2-4(7)8/h9-14,17-20H,6-8,15-16,27H2,1-5H3;1-2H,(H,5,6)(H,7,8)/b28-18+;2-1-. The second-order valence-corrected chi connectivity index (χ2v) is 9.38. The molecule has 4 N–H and O–H groups in total. The average molecular weight is 572 g/mol. The highest BCUT2D eigenvalue weighted by Crippen LogP contribution is 2.29. The second-order valence-electron chi connectivity index (χ2n) is 9.38. The summed E-state index contributed by atoms with van der Waals surface area (Å²) in [6, 6.07) is 13.2. The molecule has 0 aromatic heterocycles. The summed E-state index contributed by atoms with van der Waals surface area (Å²) in [6.07, 6.45) is 5.52. The first-order valence-corrected chi connectivity index (χ1v) is 13.2. The lowest BCUT2D eigenvalue weighted by Gasteiger charge is -2.31. The van der Waals surface area contributed by atoms with Crippen LogP contribution in [0, 0.1) is 0 Å². The molecule has 2 aromatic rings. The Kier molecular flexibility index (Phi) is 15.7. The molecule has 0 unspecified atom stereocenters. The maximum atomic E-state index is 12.9. The average Bonchev–Trinajstić information content (AvgIpc) is 2.92. The molecule has 0 saturated heterocycles. The molecule has 0 aliphatic heterocycles. The molecule has 11 heteroatoms. The molecule has 0 radical (unpaired) electrons. The van der Waals surface area contributed by atoms with Gasteiger partial charge in [-0.25, -0.2) is 9.59 Å². The van der Waals surface area contributed by atoms with Crippen molar-refractivity contribution in [2.75, 3.05) is 20.3 Å². The Labute approximate surface area is 241 Å². The van der Waals surface area contributed by atoms with Crippen LogP contribution in [0.4, 0.5) is 0 Å². The summed E-state index contributed by atoms with van der Waals surface area (Å²) >= 11 is 0. The minimum absolute atomic E-state index is 0.00741. The van der Waals surface area contributed by atoms with Gasteiger partial charge in [-0.15, -0.1) is 0 Å². The molecule has 0 aliphatic rings. The Morgan fingerprint density at radius 1 is 0.854 bits per heavy atom. The quantitative estimate of drug-likeness (QED) is 0.0913. The van der Waals surface area contributed by atoms with Gasteiger partial charge in [0.05, 0.1) is 26.5 Å². The van der Waals surface area contributed by atoms with Crippen LogP contribution in [0.1, 0.15) is 62.9 Å². The zero-order valence-corrected chi connectivity index (χ0v) is 24.3. The largest absolute Gasteiger partial charge is 0.494 e. The third-order valence-corrected chi connectivity index (χ3v) is 5.54. The summed E-state index contributed by atoms with van der Waals surface area (Å²) in [4.78, 5) is 33.9. The highest BCUT2D eigenvalue weighted by Gasteiger charge is 2.22. The van der Waals surface area contributed by atoms with E-state index in [-0.39, 0.29) is 18.0 Å². The molecule has 2 rings (SSSR count). The Balaban J connectivity index is 0.000000915. The summed E-state index contributed by atoms with van der Waals surface area (Å²) in [5.41, 5.74) is 1.54. The van der Waals surface area contributed by atoms with E-state index < -0.39 is 11.9 Å². The fourth-order valence-corrected chi connectivity index (χ4v) is 3.77. The maximum Gasteiger partial charge on any atom is 0.328 e. The van der Waals surface area contributed by atoms with E-state index in [0.717, 1.165) is 30.6 Å². The van der Waals surface area contributed by atoms with Gasteiger partial charge in [0.25, 0.3) is 5.91 Å². The monoisotopic (exact) mass is 571 g/mol. The lowest BCUT2D eigenvalue weighted by atomic mass is 10.1. The van der Waals surface area contributed by atoms with Gasteiger partial charge in [0.1, 0.15) is 5.75 Å². The van der Waals surface area contributed by atoms with Crippen molar-refractivity contribution in [2.45, 2.75) is 59.0 Å². The topological polar surface area (TPSA) is 161 Å². The highest BCUT2D eigenvalue weighted by atomic mass is 16.5. The first-order chi connectivity index (χ1) is 19.5. The number of benzene rings is 2. The van der Waals surface area contributed by atoms with Gasteiger partial charge in [0, 0.05) is 29.8 Å². The number of hydrogen-bond acceptors (Lipinski definition) is 8. The molecule has 11 nitrogen and oxygen atoms in total. The molecule has 41 heavy (non-hydrogen) atoms. The number of nitrogens with zero attached hydrogens (tertiary/aromatic N) is 2. The van der Waals surface area contributed by atoms with Gasteiger partial charge in [0.2, 0.25) is 0 Å². The highest BCUT2D eigenvalue weighted by molar-refractivity contribution is 5.95. The number of rotatable bonds is 15. The Morgan fingerprint density at radius 2 is 1.41 bits per heavy atom. The summed E-state index contributed by atoms with van der Waals surface area (Å²) in [5, 5.41) is 19.1. The van der Waals surface area contributed by atoms with Crippen LogP contribution >= 0.6 is 0 Å². The van der Waals surface area contributed by atoms with Crippen molar-refractivity contribution in [3.05, 3.63) is 65.7 Å². The maximum absolute atomic E-state index is 12.9. The van der Waals surface area contributed by atoms with Crippen LogP contribution in [0.25, 0.3) is 0 Å². The summed E-state index contributed by atoms with van der Waals surface area (Å²) < 4.78 is 17.1. The number of hydrazone groups is 1. The van der Waals surface area contributed by atoms with E-state index in [1.165, 1.54) is 0 Å². The van der Waals surface area contributed by atoms with Crippen molar-refractivity contribution in [3.63, 3.8) is 0 Å². The molecule has 2 aromatic carbocycles. The number of aliphatic carboxylic acids is 2. The Bertz CT molecular complexity index is 1140. The zero-order chi connectivity index (χ0) is 30.8. The predicted molar refractivity (Wildman–Crippen MR) is 157 cm³/mol. The number of carbonyl (C=O) groups is 3. The van der Waals surface area contributed by atoms with Crippen LogP contribution in [0.2, 0.25) is 0 Å². The Morgan fingerprint density at radius 3 is 1.90 bits per heavy atom. The van der Waals surface area contributed by atoms with E-state index in [1.807, 2.05) is 62.9 Å². The third kappa shape index (κ3) is 13.4. The van der Waals surface area contributed by atoms with Crippen molar-refractivity contribution < 1.29 is 38.8 Å². The van der Waals surface area contributed by atoms with Gasteiger partial charge >= 0.3 is 11.9 Å². The lowest BCUT2D eigenvalue weighted by Crippen LogP contribution is -2.42. The van der Waals surface area contributed by atoms with Crippen molar-refractivity contribution in [3.8, 4) is 17.2 Å². The van der Waals surface area contributed by atoms with Crippen LogP contribution in [-0.2, 0) is 9.59 Å². The molecule has 0 fully saturated rings. The SMILES string of the molecule is COc1cc(C(=O)N(C(C)C)C(C)C)ccc1OCCCCCOc1ccc(/C=N/N)cc1.O=C(O)/C=C\C(=O)O. The fraction of sp³-hybridized carbons (Fsp3) is 0.400. The number of nitrogens with two attached hydrogens (primary N) is 1. The fourth-order valence-electron chi connectivity index (χ4n) is 3.77. The van der Waals surface area contributed by atoms with Gasteiger partial charge in [0.15, 0.2) is 11.5 Å². The molecule has 0 spiro atoms. The molecule has 1 amide bonds. The van der Waals surface area contributed by atoms with Crippen molar-refractivity contribution in [2.24, 2.45) is 10.9 Å². The van der Waals surface area contributed by atoms with Crippen LogP contribution in [0.3, 0.4) is 0 Å². The molecule has 0 aliphatic carbocycles. The summed E-state index contributed by atoms with van der Waals surface area (Å²) in [5.74, 6) is 4.66. The molecule has 0 bridgehead atoms. The van der Waals surface area contributed by atoms with Crippen LogP contribution in [-0.4, -0.2) is 71.6 Å². The van der Waals surface area contributed by atoms with Gasteiger partial charge in [-0.1, -0.05) is 0 Å². The normalized spacial score (nSPS) is 10.9. The van der Waals surface area contributed by atoms with Crippen LogP contribution in [0.15, 0.2) is 59.7 Å². The number of carbonyl (C=O) groups excluding carboxylic acids is 1. The van der Waals surface area contributed by atoms with Crippen LogP contribution < -0.4 is 20.1 Å². The number of unbranched alkanes of at least 4 members (excludes halogenated alkanes) is 2. The first kappa shape index (κ1) is 34.5. The van der Waals surface area contributed by atoms with Gasteiger partial charge in [-0.2, -0.15) is 5.10 Å².